The monoisotopic (exact) mass is 643 g/mol. The number of furan rings is 1. The molecule has 10 rings (SSSR count). The summed E-state index contributed by atoms with van der Waals surface area (Å²) in [5.74, 6) is 0. The molecule has 0 N–H and O–H groups in total. The van der Waals surface area contributed by atoms with Gasteiger partial charge in [0.05, 0.1) is 22.4 Å². The number of thiophene rings is 1. The summed E-state index contributed by atoms with van der Waals surface area (Å²) in [6, 6.07) is 63.1. The number of hydrogen-bond acceptors (Lipinski definition) is 3. The van der Waals surface area contributed by atoms with Gasteiger partial charge in [-0.1, -0.05) is 133 Å². The first-order valence-corrected chi connectivity index (χ1v) is 17.4. The third-order valence-corrected chi connectivity index (χ3v) is 10.8. The van der Waals surface area contributed by atoms with Crippen LogP contribution in [0.25, 0.3) is 75.1 Å². The van der Waals surface area contributed by atoms with Crippen molar-refractivity contribution in [2.75, 3.05) is 4.90 Å². The number of nitrogens with zero attached hydrogens (tertiary/aromatic N) is 1. The summed E-state index contributed by atoms with van der Waals surface area (Å²) in [5.41, 5.74) is 9.82. The molecule has 0 atom stereocenters. The molecule has 0 spiro atoms. The minimum absolute atomic E-state index is 0.882. The summed E-state index contributed by atoms with van der Waals surface area (Å²) in [7, 11) is 0. The van der Waals surface area contributed by atoms with Gasteiger partial charge in [0, 0.05) is 36.5 Å². The zero-order chi connectivity index (χ0) is 32.3. The average Bonchev–Trinajstić information content (AvgIpc) is 3.75. The lowest BCUT2D eigenvalue weighted by molar-refractivity contribution is 0.670. The van der Waals surface area contributed by atoms with Gasteiger partial charge in [-0.2, -0.15) is 0 Å². The Morgan fingerprint density at radius 3 is 1.94 bits per heavy atom. The maximum Gasteiger partial charge on any atom is 0.145 e. The fourth-order valence-corrected chi connectivity index (χ4v) is 8.60. The minimum atomic E-state index is 0.882. The summed E-state index contributed by atoms with van der Waals surface area (Å²) >= 11 is 1.86. The molecule has 0 saturated heterocycles. The van der Waals surface area contributed by atoms with Crippen LogP contribution in [-0.4, -0.2) is 0 Å². The van der Waals surface area contributed by atoms with E-state index in [0.29, 0.717) is 0 Å². The maximum atomic E-state index is 6.76. The molecule has 0 aliphatic rings. The van der Waals surface area contributed by atoms with E-state index in [4.69, 9.17) is 4.42 Å². The molecule has 0 aliphatic carbocycles. The van der Waals surface area contributed by atoms with Gasteiger partial charge in [0.1, 0.15) is 11.2 Å². The molecule has 8 aromatic carbocycles. The van der Waals surface area contributed by atoms with Crippen molar-refractivity contribution < 1.29 is 4.42 Å². The molecular weight excluding hydrogens is 615 g/mol. The zero-order valence-electron chi connectivity index (χ0n) is 26.5. The Morgan fingerprint density at radius 2 is 1.08 bits per heavy atom. The van der Waals surface area contributed by atoms with Crippen LogP contribution >= 0.6 is 11.3 Å². The highest BCUT2D eigenvalue weighted by molar-refractivity contribution is 7.26. The largest absolute Gasteiger partial charge is 0.455 e. The molecule has 49 heavy (non-hydrogen) atoms. The fraction of sp³-hybridized carbons (Fsp3) is 0. The first kappa shape index (κ1) is 27.9. The molecule has 0 bridgehead atoms. The van der Waals surface area contributed by atoms with E-state index in [0.717, 1.165) is 50.1 Å². The standard InChI is InChI=1S/C46H29NOS/c1-3-13-30(14-4-1)33-25-26-37-43(29-33)49-42-24-12-22-39(44(37)42)47(38-21-11-18-31-17-7-8-19-34(31)38)40-28-27-35(32-15-5-2-6-16-32)46-45(40)36-20-9-10-23-41(36)48-46/h1-29H. The normalized spacial score (nSPS) is 11.7. The Kier molecular flexibility index (Phi) is 6.39. The molecule has 0 amide bonds. The highest BCUT2D eigenvalue weighted by atomic mass is 32.1. The van der Waals surface area contributed by atoms with Gasteiger partial charge in [-0.05, 0) is 64.5 Å². The van der Waals surface area contributed by atoms with Gasteiger partial charge in [-0.25, -0.2) is 0 Å². The Morgan fingerprint density at radius 1 is 0.408 bits per heavy atom. The second-order valence-corrected chi connectivity index (χ2v) is 13.5. The van der Waals surface area contributed by atoms with Gasteiger partial charge in [-0.3, -0.25) is 0 Å². The van der Waals surface area contributed by atoms with E-state index in [2.05, 4.69) is 181 Å². The number of para-hydroxylation sites is 1. The molecule has 0 saturated carbocycles. The van der Waals surface area contributed by atoms with E-state index in [1.165, 1.54) is 42.1 Å². The predicted octanol–water partition coefficient (Wildman–Crippen LogP) is 13.9. The second-order valence-electron chi connectivity index (χ2n) is 12.5. The molecule has 10 aromatic rings. The lowest BCUT2D eigenvalue weighted by Gasteiger charge is -2.28. The Balaban J connectivity index is 1.31. The number of hydrogen-bond donors (Lipinski definition) is 0. The van der Waals surface area contributed by atoms with Gasteiger partial charge in [0.2, 0.25) is 0 Å². The summed E-state index contributed by atoms with van der Waals surface area (Å²) in [4.78, 5) is 2.47. The van der Waals surface area contributed by atoms with E-state index in [1.54, 1.807) is 0 Å². The molecule has 0 radical (unpaired) electrons. The third kappa shape index (κ3) is 4.47. The maximum absolute atomic E-state index is 6.76. The summed E-state index contributed by atoms with van der Waals surface area (Å²) in [6.45, 7) is 0. The molecule has 2 heterocycles. The van der Waals surface area contributed by atoms with Crippen LogP contribution in [0.4, 0.5) is 17.1 Å². The number of fused-ring (bicyclic) bond motifs is 7. The van der Waals surface area contributed by atoms with Gasteiger partial charge in [-0.15, -0.1) is 11.3 Å². The van der Waals surface area contributed by atoms with Crippen LogP contribution in [0.3, 0.4) is 0 Å². The Bertz CT molecular complexity index is 2820. The quantitative estimate of drug-likeness (QED) is 0.186. The third-order valence-electron chi connectivity index (χ3n) is 9.66. The second kappa shape index (κ2) is 11.2. The van der Waals surface area contributed by atoms with E-state index < -0.39 is 0 Å². The highest BCUT2D eigenvalue weighted by Gasteiger charge is 2.25. The Labute approximate surface area is 287 Å². The average molecular weight is 644 g/mol. The van der Waals surface area contributed by atoms with Crippen LogP contribution in [0.1, 0.15) is 0 Å². The molecular formula is C46H29NOS. The molecule has 0 unspecified atom stereocenters. The highest BCUT2D eigenvalue weighted by Crippen LogP contribution is 2.51. The van der Waals surface area contributed by atoms with Crippen molar-refractivity contribution in [1.82, 2.24) is 0 Å². The van der Waals surface area contributed by atoms with Crippen molar-refractivity contribution in [3.63, 3.8) is 0 Å². The molecule has 2 nitrogen and oxygen atoms in total. The number of anilines is 3. The van der Waals surface area contributed by atoms with Crippen LogP contribution < -0.4 is 4.90 Å². The first-order chi connectivity index (χ1) is 24.3. The van der Waals surface area contributed by atoms with Gasteiger partial charge in [0.15, 0.2) is 0 Å². The van der Waals surface area contributed by atoms with Gasteiger partial charge >= 0.3 is 0 Å². The van der Waals surface area contributed by atoms with Crippen molar-refractivity contribution >= 4 is 81.3 Å². The number of rotatable bonds is 5. The SMILES string of the molecule is c1ccc(-c2ccc3c(c2)sc2cccc(N(c4cccc5ccccc45)c4ccc(-c5ccccc5)c5oc6ccccc6c45)c23)cc1. The van der Waals surface area contributed by atoms with Crippen molar-refractivity contribution in [3.05, 3.63) is 176 Å². The molecule has 0 fully saturated rings. The van der Waals surface area contributed by atoms with E-state index in [1.807, 2.05) is 11.3 Å². The van der Waals surface area contributed by atoms with Crippen molar-refractivity contribution in [1.29, 1.82) is 0 Å². The smallest absolute Gasteiger partial charge is 0.145 e. The summed E-state index contributed by atoms with van der Waals surface area (Å²) < 4.78 is 9.30. The first-order valence-electron chi connectivity index (χ1n) is 16.6. The van der Waals surface area contributed by atoms with Crippen molar-refractivity contribution in [3.8, 4) is 22.3 Å². The van der Waals surface area contributed by atoms with Crippen LogP contribution in [0, 0.1) is 0 Å². The molecule has 2 aromatic heterocycles. The van der Waals surface area contributed by atoms with Gasteiger partial charge in [0.25, 0.3) is 0 Å². The van der Waals surface area contributed by atoms with Crippen LogP contribution in [0.15, 0.2) is 180 Å². The van der Waals surface area contributed by atoms with Crippen molar-refractivity contribution in [2.45, 2.75) is 0 Å². The predicted molar refractivity (Wildman–Crippen MR) is 210 cm³/mol. The summed E-state index contributed by atoms with van der Waals surface area (Å²) in [6.07, 6.45) is 0. The van der Waals surface area contributed by atoms with Crippen LogP contribution in [-0.2, 0) is 0 Å². The minimum Gasteiger partial charge on any atom is -0.455 e. The van der Waals surface area contributed by atoms with Gasteiger partial charge < -0.3 is 9.32 Å². The van der Waals surface area contributed by atoms with E-state index >= 15 is 0 Å². The zero-order valence-corrected chi connectivity index (χ0v) is 27.3. The lowest BCUT2D eigenvalue weighted by Crippen LogP contribution is -2.11. The summed E-state index contributed by atoms with van der Waals surface area (Å²) in [5, 5.41) is 7.12. The molecule has 230 valence electrons. The van der Waals surface area contributed by atoms with Crippen molar-refractivity contribution in [2.24, 2.45) is 0 Å². The lowest BCUT2D eigenvalue weighted by atomic mass is 9.98. The molecule has 3 heteroatoms. The van der Waals surface area contributed by atoms with Crippen LogP contribution in [0.2, 0.25) is 0 Å². The molecule has 0 aliphatic heterocycles. The van der Waals surface area contributed by atoms with Crippen LogP contribution in [0.5, 0.6) is 0 Å². The topological polar surface area (TPSA) is 16.4 Å². The Hall–Kier alpha value is -6.16. The van der Waals surface area contributed by atoms with E-state index in [9.17, 15) is 0 Å². The number of benzene rings is 8. The fourth-order valence-electron chi connectivity index (χ4n) is 7.44. The van der Waals surface area contributed by atoms with E-state index in [-0.39, 0.29) is 0 Å².